The van der Waals surface area contributed by atoms with Gasteiger partial charge in [0.25, 0.3) is 5.88 Å². The molecule has 15 heteroatoms. The molecular formula is C18H17F6N3O5S. The SMILES string of the molecule is CC.COc1ccc(-c2cc(C(F)(F)F)n3nc(OS(=O)(=O)C(F)(F)F)cc3n2)cc1OC. The maximum atomic E-state index is 13.5. The number of benzene rings is 1. The number of aromatic nitrogens is 3. The Labute approximate surface area is 183 Å². The Morgan fingerprint density at radius 2 is 1.52 bits per heavy atom. The van der Waals surface area contributed by atoms with Gasteiger partial charge in [-0.1, -0.05) is 13.8 Å². The van der Waals surface area contributed by atoms with Gasteiger partial charge in [-0.25, -0.2) is 9.50 Å². The van der Waals surface area contributed by atoms with Crippen molar-refractivity contribution in [3.63, 3.8) is 0 Å². The first kappa shape index (κ1) is 26.0. The van der Waals surface area contributed by atoms with Gasteiger partial charge in [0.05, 0.1) is 19.9 Å². The van der Waals surface area contributed by atoms with E-state index in [4.69, 9.17) is 9.47 Å². The smallest absolute Gasteiger partial charge is 0.493 e. The van der Waals surface area contributed by atoms with Crippen LogP contribution in [0.2, 0.25) is 0 Å². The molecule has 8 nitrogen and oxygen atoms in total. The maximum absolute atomic E-state index is 13.5. The van der Waals surface area contributed by atoms with Crippen LogP contribution in [-0.2, 0) is 16.3 Å². The number of ether oxygens (including phenoxy) is 2. The third-order valence-corrected chi connectivity index (χ3v) is 4.81. The summed E-state index contributed by atoms with van der Waals surface area (Å²) in [4.78, 5) is 3.91. The van der Waals surface area contributed by atoms with Crippen LogP contribution in [0.25, 0.3) is 16.9 Å². The third kappa shape index (κ3) is 5.40. The molecule has 0 fully saturated rings. The lowest BCUT2D eigenvalue weighted by Crippen LogP contribution is -2.28. The number of rotatable bonds is 5. The van der Waals surface area contributed by atoms with Crippen molar-refractivity contribution in [2.75, 3.05) is 14.2 Å². The molecule has 0 aliphatic carbocycles. The van der Waals surface area contributed by atoms with Crippen molar-refractivity contribution in [2.45, 2.75) is 25.5 Å². The molecule has 0 bridgehead atoms. The highest BCUT2D eigenvalue weighted by atomic mass is 32.2. The Hall–Kier alpha value is -3.23. The van der Waals surface area contributed by atoms with Crippen LogP contribution in [0.4, 0.5) is 26.3 Å². The fraction of sp³-hybridized carbons (Fsp3) is 0.333. The van der Waals surface area contributed by atoms with E-state index in [2.05, 4.69) is 14.3 Å². The van der Waals surface area contributed by atoms with Crippen LogP contribution in [0.15, 0.2) is 30.3 Å². The van der Waals surface area contributed by atoms with Crippen molar-refractivity contribution in [2.24, 2.45) is 0 Å². The predicted octanol–water partition coefficient (Wildman–Crippen LogP) is 4.69. The summed E-state index contributed by atoms with van der Waals surface area (Å²) in [5.41, 5.74) is -7.93. The van der Waals surface area contributed by atoms with Crippen LogP contribution >= 0.6 is 0 Å². The minimum absolute atomic E-state index is 0.130. The van der Waals surface area contributed by atoms with E-state index in [9.17, 15) is 34.8 Å². The second-order valence-corrected chi connectivity index (χ2v) is 7.37. The Kier molecular flexibility index (Phi) is 7.36. The van der Waals surface area contributed by atoms with Crippen LogP contribution < -0.4 is 13.7 Å². The predicted molar refractivity (Wildman–Crippen MR) is 103 cm³/mol. The summed E-state index contributed by atoms with van der Waals surface area (Å²) in [6.45, 7) is 4.00. The van der Waals surface area contributed by atoms with E-state index in [1.165, 1.54) is 32.4 Å². The molecule has 0 amide bonds. The minimum Gasteiger partial charge on any atom is -0.493 e. The number of methoxy groups -OCH3 is 2. The van der Waals surface area contributed by atoms with Gasteiger partial charge in [-0.2, -0.15) is 34.8 Å². The Morgan fingerprint density at radius 1 is 0.909 bits per heavy atom. The quantitative estimate of drug-likeness (QED) is 0.285. The van der Waals surface area contributed by atoms with Crippen molar-refractivity contribution in [3.8, 4) is 28.6 Å². The molecule has 1 aromatic carbocycles. The monoisotopic (exact) mass is 501 g/mol. The molecule has 0 atom stereocenters. The molecule has 0 N–H and O–H groups in total. The Morgan fingerprint density at radius 3 is 2.03 bits per heavy atom. The molecule has 0 saturated carbocycles. The fourth-order valence-electron chi connectivity index (χ4n) is 2.50. The molecule has 0 saturated heterocycles. The zero-order valence-electron chi connectivity index (χ0n) is 17.4. The minimum atomic E-state index is -6.14. The first-order valence-electron chi connectivity index (χ1n) is 8.98. The first-order chi connectivity index (χ1) is 15.3. The lowest BCUT2D eigenvalue weighted by atomic mass is 10.1. The number of nitrogens with zero attached hydrogens (tertiary/aromatic N) is 3. The molecular weight excluding hydrogens is 484 g/mol. The fourth-order valence-corrected chi connectivity index (χ4v) is 2.90. The molecule has 0 aliphatic rings. The molecule has 3 aromatic rings. The van der Waals surface area contributed by atoms with E-state index in [1.807, 2.05) is 13.8 Å². The summed E-state index contributed by atoms with van der Waals surface area (Å²) < 4.78 is 114. The van der Waals surface area contributed by atoms with Gasteiger partial charge in [-0.3, -0.25) is 0 Å². The highest BCUT2D eigenvalue weighted by molar-refractivity contribution is 7.87. The number of alkyl halides is 6. The van der Waals surface area contributed by atoms with Crippen LogP contribution in [0.3, 0.4) is 0 Å². The van der Waals surface area contributed by atoms with Gasteiger partial charge in [-0.05, 0) is 24.3 Å². The lowest BCUT2D eigenvalue weighted by molar-refractivity contribution is -0.142. The summed E-state index contributed by atoms with van der Waals surface area (Å²) in [5.74, 6) is -0.760. The van der Waals surface area contributed by atoms with E-state index < -0.39 is 39.0 Å². The van der Waals surface area contributed by atoms with Crippen LogP contribution in [0, 0.1) is 0 Å². The topological polar surface area (TPSA) is 92.0 Å². The third-order valence-electron chi connectivity index (χ3n) is 3.85. The number of hydrogen-bond acceptors (Lipinski definition) is 7. The molecule has 33 heavy (non-hydrogen) atoms. The molecule has 0 aliphatic heterocycles. The normalized spacial score (nSPS) is 12.2. The number of fused-ring (bicyclic) bond motifs is 1. The summed E-state index contributed by atoms with van der Waals surface area (Å²) >= 11 is 0. The second kappa shape index (κ2) is 9.33. The molecule has 182 valence electrons. The van der Waals surface area contributed by atoms with E-state index in [0.717, 1.165) is 0 Å². The highest BCUT2D eigenvalue weighted by Crippen LogP contribution is 2.36. The van der Waals surface area contributed by atoms with Crippen LogP contribution in [-0.4, -0.2) is 42.7 Å². The maximum Gasteiger partial charge on any atom is 0.534 e. The molecule has 2 heterocycles. The number of hydrogen-bond donors (Lipinski definition) is 0. The Bertz CT molecular complexity index is 1240. The average Bonchev–Trinajstić information content (AvgIpc) is 3.13. The van der Waals surface area contributed by atoms with Crippen molar-refractivity contribution >= 4 is 15.8 Å². The molecule has 0 radical (unpaired) electrons. The largest absolute Gasteiger partial charge is 0.534 e. The summed E-state index contributed by atoms with van der Waals surface area (Å²) in [7, 11) is -3.48. The van der Waals surface area contributed by atoms with Crippen molar-refractivity contribution in [1.82, 2.24) is 14.6 Å². The average molecular weight is 501 g/mol. The highest BCUT2D eigenvalue weighted by Gasteiger charge is 2.49. The van der Waals surface area contributed by atoms with Gasteiger partial charge in [0.15, 0.2) is 22.8 Å². The van der Waals surface area contributed by atoms with E-state index in [-0.39, 0.29) is 21.5 Å². The first-order valence-corrected chi connectivity index (χ1v) is 10.4. The van der Waals surface area contributed by atoms with Gasteiger partial charge in [0.2, 0.25) is 0 Å². The van der Waals surface area contributed by atoms with Crippen LogP contribution in [0.1, 0.15) is 19.5 Å². The van der Waals surface area contributed by atoms with E-state index >= 15 is 0 Å². The van der Waals surface area contributed by atoms with Crippen molar-refractivity contribution in [1.29, 1.82) is 0 Å². The summed E-state index contributed by atoms with van der Waals surface area (Å²) in [6.07, 6.45) is -5.02. The molecule has 0 unspecified atom stereocenters. The summed E-state index contributed by atoms with van der Waals surface area (Å²) in [5, 5.41) is 3.16. The van der Waals surface area contributed by atoms with Gasteiger partial charge in [0, 0.05) is 11.6 Å². The zero-order chi connectivity index (χ0) is 25.2. The number of halogens is 6. The second-order valence-electron chi connectivity index (χ2n) is 5.83. The molecule has 3 rings (SSSR count). The van der Waals surface area contributed by atoms with E-state index in [0.29, 0.717) is 17.9 Å². The van der Waals surface area contributed by atoms with Crippen LogP contribution in [0.5, 0.6) is 17.4 Å². The molecule has 0 spiro atoms. The van der Waals surface area contributed by atoms with Gasteiger partial charge in [-0.15, -0.1) is 5.10 Å². The summed E-state index contributed by atoms with van der Waals surface area (Å²) in [6, 6.07) is 5.24. The Balaban J connectivity index is 0.00000187. The van der Waals surface area contributed by atoms with Gasteiger partial charge < -0.3 is 13.7 Å². The van der Waals surface area contributed by atoms with Gasteiger partial charge in [0.1, 0.15) is 0 Å². The zero-order valence-corrected chi connectivity index (χ0v) is 18.3. The lowest BCUT2D eigenvalue weighted by Gasteiger charge is -2.12. The molecule has 2 aromatic heterocycles. The van der Waals surface area contributed by atoms with Crippen molar-refractivity contribution in [3.05, 3.63) is 36.0 Å². The standard InChI is InChI=1S/C16H11F6N3O5S.C2H6/c1-28-10-4-3-8(5-11(10)29-2)9-6-12(15(17,18)19)25-13(23-9)7-14(24-25)30-31(26,27)16(20,21)22;1-2/h3-7H,1-2H3;1-2H3. The van der Waals surface area contributed by atoms with Gasteiger partial charge >= 0.3 is 21.8 Å². The van der Waals surface area contributed by atoms with Crippen molar-refractivity contribution < 1.29 is 48.4 Å². The van der Waals surface area contributed by atoms with E-state index in [1.54, 1.807) is 0 Å².